The molecule has 22 nitrogen and oxygen atoms in total. The Kier molecular flexibility index (Phi) is 21.6. The Morgan fingerprint density at radius 2 is 0.520 bits per heavy atom. The van der Waals surface area contributed by atoms with Crippen molar-refractivity contribution >= 4 is 104 Å². The Labute approximate surface area is 575 Å². The number of nitrogens with one attached hydrogen (secondary N) is 2. The molecule has 8 aromatic rings. The maximum atomic E-state index is 14.1. The van der Waals surface area contributed by atoms with E-state index in [1.54, 1.807) is 98.8 Å². The largest absolute Gasteiger partial charge is 2.00 e. The number of hydrogen-bond acceptors (Lipinski definition) is 20. The topological polar surface area (TPSA) is 365 Å². The fourth-order valence-corrected chi connectivity index (χ4v) is 11.9. The van der Waals surface area contributed by atoms with Gasteiger partial charge in [-0.1, -0.05) is 135 Å². The average Bonchev–Trinajstić information content (AvgIpc) is 0.727. The van der Waals surface area contributed by atoms with Crippen LogP contribution >= 0.6 is 0 Å². The van der Waals surface area contributed by atoms with E-state index < -0.39 is 58.1 Å². The molecule has 0 heterocycles. The Morgan fingerprint density at radius 1 is 0.296 bits per heavy atom. The summed E-state index contributed by atoms with van der Waals surface area (Å²) in [4.78, 5) is 185. The fraction of sp³-hybridized carbons (Fsp3) is 0.162. The van der Waals surface area contributed by atoms with Gasteiger partial charge in [0, 0.05) is 117 Å². The van der Waals surface area contributed by atoms with Crippen molar-refractivity contribution in [1.29, 1.82) is 0 Å². The molecule has 98 heavy (non-hydrogen) atoms. The zero-order valence-corrected chi connectivity index (χ0v) is 54.0. The number of carbonyl (C=O) groups is 14. The summed E-state index contributed by atoms with van der Waals surface area (Å²) in [5.74, 6) is -5.97. The normalized spacial score (nSPS) is 12.8. The van der Waals surface area contributed by atoms with Crippen LogP contribution in [0.3, 0.4) is 0 Å². The zero-order valence-electron chi connectivity index (χ0n) is 52.3. The number of Topliss-reactive ketones (excluding diaryl/α,β-unsaturated/α-hetero) is 4. The van der Waals surface area contributed by atoms with Gasteiger partial charge in [0.1, 0.15) is 26.2 Å². The van der Waals surface area contributed by atoms with Crippen molar-refractivity contribution in [2.45, 2.75) is 52.4 Å². The van der Waals surface area contributed by atoms with Crippen molar-refractivity contribution in [3.63, 3.8) is 0 Å². The molecule has 0 aliphatic heterocycles. The first kappa shape index (κ1) is 70.7. The van der Waals surface area contributed by atoms with Crippen molar-refractivity contribution < 1.29 is 96.6 Å². The molecule has 12 rings (SSSR count). The molecule has 0 saturated carbocycles. The molecular formula is C74H56ClCuN8O14+. The minimum absolute atomic E-state index is 0. The number of fused-ring (bicyclic) bond motifs is 8. The Balaban J connectivity index is 0.000000225. The number of halogens is 1. The molecule has 0 saturated heterocycles. The number of nitrogen functional groups attached to an aromatic ring is 2. The molecule has 0 fully saturated rings. The van der Waals surface area contributed by atoms with Crippen LogP contribution in [0, 0.1) is 0 Å². The van der Waals surface area contributed by atoms with Crippen LogP contribution in [-0.4, -0.2) is 107 Å². The number of anilines is 4. The van der Waals surface area contributed by atoms with Crippen molar-refractivity contribution in [2.24, 2.45) is 20.5 Å². The molecule has 0 atom stereocenters. The van der Waals surface area contributed by atoms with Gasteiger partial charge in [0.05, 0.1) is 33.6 Å². The van der Waals surface area contributed by atoms with Gasteiger partial charge in [-0.15, -0.1) is 0 Å². The number of carbonyl (C=O) groups excluding carboxylic acids is 14. The standard InChI is InChI=1S/2C37H28N4O7.ClH.Cu/c2*1-2-19(42)17-39-40-18-20(43)11-16-29(44)41-28-15-13-22(31-33(28)37(48)26-10-6-4-8-24(26)35(31)46)21-12-14-27(38)32-30(21)34(45)23-7-3-5-9-25(23)36(32)47;;/h2*3-10,12-15H,2,11,16-18,38H2,1H3,(H,41,44);1H;/q;;;+2/p-1. The van der Waals surface area contributed by atoms with Crippen LogP contribution in [0.25, 0.3) is 22.3 Å². The molecular weight excluding hydrogens is 1320 g/mol. The molecule has 6 N–H and O–H groups in total. The number of rotatable bonds is 20. The SMILES string of the molecule is CCC(=O)CN=NCC(=O)CCC(=O)Nc1ccc(-c2ccc(N)c3c2C(=O)c2ccccc2C3=O)c2c1C(=O)c1ccccc1C2=O.CCC(=O)CN=NCC(=O)CCC(=O)Nc1ccc(-c2ccc(N)c3c2C(=O)c2ccccc2C3=O)c2c1C(=O)c1ccccc1C2=O.[Cl-].[Cu+2]. The summed E-state index contributed by atoms with van der Waals surface area (Å²) in [6.07, 6.45) is -0.189. The molecule has 0 aromatic heterocycles. The third-order valence-electron chi connectivity index (χ3n) is 16.7. The van der Waals surface area contributed by atoms with Gasteiger partial charge in [-0.25, -0.2) is 0 Å². The first-order chi connectivity index (χ1) is 46.2. The predicted molar refractivity (Wildman–Crippen MR) is 351 cm³/mol. The third kappa shape index (κ3) is 13.5. The Bertz CT molecular complexity index is 4620. The summed E-state index contributed by atoms with van der Waals surface area (Å²) in [6, 6.07) is 37.4. The van der Waals surface area contributed by atoms with E-state index in [9.17, 15) is 67.1 Å². The number of benzene rings is 8. The number of nitrogens with zero attached hydrogens (tertiary/aromatic N) is 4. The summed E-state index contributed by atoms with van der Waals surface area (Å²) < 4.78 is 0. The number of hydrogen-bond donors (Lipinski definition) is 4. The predicted octanol–water partition coefficient (Wildman–Crippen LogP) is 7.41. The van der Waals surface area contributed by atoms with Crippen molar-refractivity contribution in [2.75, 3.05) is 48.3 Å². The Morgan fingerprint density at radius 3 is 0.786 bits per heavy atom. The second-order valence-corrected chi connectivity index (χ2v) is 22.7. The van der Waals surface area contributed by atoms with Gasteiger partial charge in [0.25, 0.3) is 0 Å². The van der Waals surface area contributed by atoms with Gasteiger partial charge in [-0.3, -0.25) is 67.1 Å². The van der Waals surface area contributed by atoms with Crippen LogP contribution < -0.4 is 34.5 Å². The second-order valence-electron chi connectivity index (χ2n) is 22.7. The molecule has 1 radical (unpaired) electrons. The summed E-state index contributed by atoms with van der Waals surface area (Å²) in [6.45, 7) is 2.60. The van der Waals surface area contributed by atoms with E-state index in [-0.39, 0.29) is 238 Å². The first-order valence-electron chi connectivity index (χ1n) is 30.5. The van der Waals surface area contributed by atoms with Gasteiger partial charge < -0.3 is 34.5 Å². The van der Waals surface area contributed by atoms with E-state index in [1.165, 1.54) is 60.7 Å². The first-order valence-corrected chi connectivity index (χ1v) is 30.5. The van der Waals surface area contributed by atoms with E-state index in [1.807, 2.05) is 0 Å². The smallest absolute Gasteiger partial charge is 1.00 e. The van der Waals surface area contributed by atoms with Crippen LogP contribution in [0.4, 0.5) is 22.7 Å². The second kappa shape index (κ2) is 30.0. The van der Waals surface area contributed by atoms with E-state index in [2.05, 4.69) is 31.1 Å². The third-order valence-corrected chi connectivity index (χ3v) is 16.7. The van der Waals surface area contributed by atoms with Crippen LogP contribution in [-0.2, 0) is 45.8 Å². The quantitative estimate of drug-likeness (QED) is 0.0328. The van der Waals surface area contributed by atoms with Gasteiger partial charge >= 0.3 is 17.1 Å². The van der Waals surface area contributed by atoms with E-state index in [4.69, 9.17) is 11.5 Å². The number of amides is 2. The van der Waals surface area contributed by atoms with Gasteiger partial charge in [0.15, 0.2) is 69.4 Å². The molecule has 0 bridgehead atoms. The van der Waals surface area contributed by atoms with Gasteiger partial charge in [0.2, 0.25) is 11.8 Å². The molecule has 493 valence electrons. The molecule has 2 amide bonds. The van der Waals surface area contributed by atoms with Gasteiger partial charge in [-0.05, 0) is 46.5 Å². The van der Waals surface area contributed by atoms with Crippen molar-refractivity contribution in [1.82, 2.24) is 0 Å². The van der Waals surface area contributed by atoms with E-state index in [0.29, 0.717) is 12.8 Å². The summed E-state index contributed by atoms with van der Waals surface area (Å²) in [7, 11) is 0. The number of nitrogens with two attached hydrogens (primary N) is 2. The molecule has 24 heteroatoms. The summed E-state index contributed by atoms with van der Waals surface area (Å²) in [5.41, 5.74) is 14.9. The molecule has 4 aliphatic rings. The van der Waals surface area contributed by atoms with Gasteiger partial charge in [-0.2, -0.15) is 20.5 Å². The fourth-order valence-electron chi connectivity index (χ4n) is 11.9. The molecule has 4 aliphatic carbocycles. The zero-order chi connectivity index (χ0) is 68.2. The van der Waals surface area contributed by atoms with Crippen molar-refractivity contribution in [3.05, 3.63) is 235 Å². The maximum absolute atomic E-state index is 14.1. The van der Waals surface area contributed by atoms with E-state index in [0.717, 1.165) is 0 Å². The minimum Gasteiger partial charge on any atom is -1.00 e. The summed E-state index contributed by atoms with van der Waals surface area (Å²) >= 11 is 0. The minimum atomic E-state index is -0.585. The number of azo groups is 2. The molecule has 0 unspecified atom stereocenters. The average molecular weight is 1380 g/mol. The molecule has 8 aromatic carbocycles. The van der Waals surface area contributed by atoms with Crippen LogP contribution in [0.1, 0.15) is 180 Å². The molecule has 0 spiro atoms. The van der Waals surface area contributed by atoms with Crippen molar-refractivity contribution in [3.8, 4) is 22.3 Å². The maximum Gasteiger partial charge on any atom is 2.00 e. The monoisotopic (exact) mass is 1380 g/mol. The number of ketones is 12. The van der Waals surface area contributed by atoms with Crippen LogP contribution in [0.2, 0.25) is 0 Å². The van der Waals surface area contributed by atoms with Crippen LogP contribution in [0.5, 0.6) is 0 Å². The van der Waals surface area contributed by atoms with Crippen LogP contribution in [0.15, 0.2) is 166 Å². The Hall–Kier alpha value is -11.7. The van der Waals surface area contributed by atoms with E-state index >= 15 is 0 Å². The summed E-state index contributed by atoms with van der Waals surface area (Å²) in [5, 5.41) is 20.1.